The van der Waals surface area contributed by atoms with E-state index in [4.69, 9.17) is 0 Å². The maximum Gasteiger partial charge on any atom is 0.313 e. The number of carbonyl (C=O) groups excluding carboxylic acids is 3. The predicted molar refractivity (Wildman–Crippen MR) is 134 cm³/mol. The van der Waals surface area contributed by atoms with E-state index in [1.807, 2.05) is 12.1 Å². The number of benzene rings is 2. The van der Waals surface area contributed by atoms with E-state index in [-0.39, 0.29) is 5.91 Å². The summed E-state index contributed by atoms with van der Waals surface area (Å²) < 4.78 is 0. The van der Waals surface area contributed by atoms with Crippen molar-refractivity contribution in [3.05, 3.63) is 54.6 Å². The van der Waals surface area contributed by atoms with E-state index in [2.05, 4.69) is 44.7 Å². The van der Waals surface area contributed by atoms with E-state index < -0.39 is 11.8 Å². The monoisotopic (exact) mass is 463 g/mol. The first-order chi connectivity index (χ1) is 16.6. The van der Waals surface area contributed by atoms with Crippen molar-refractivity contribution in [3.63, 3.8) is 0 Å². The van der Waals surface area contributed by atoms with Gasteiger partial charge < -0.3 is 20.4 Å². The third kappa shape index (κ3) is 6.35. The molecule has 2 saturated heterocycles. The second-order valence-corrected chi connectivity index (χ2v) is 8.78. The van der Waals surface area contributed by atoms with Crippen molar-refractivity contribution >= 4 is 34.8 Å². The zero-order valence-electron chi connectivity index (χ0n) is 19.5. The van der Waals surface area contributed by atoms with Crippen LogP contribution in [-0.4, -0.2) is 68.4 Å². The lowest BCUT2D eigenvalue weighted by Crippen LogP contribution is -2.47. The summed E-state index contributed by atoms with van der Waals surface area (Å²) in [5, 5.41) is 5.35. The molecule has 0 aromatic heterocycles. The molecular formula is C26H33N5O3. The molecule has 2 aliphatic rings. The Morgan fingerprint density at radius 2 is 1.59 bits per heavy atom. The number of piperazine rings is 1. The van der Waals surface area contributed by atoms with Crippen molar-refractivity contribution < 1.29 is 14.4 Å². The van der Waals surface area contributed by atoms with Gasteiger partial charge in [0.2, 0.25) is 5.91 Å². The second-order valence-electron chi connectivity index (χ2n) is 8.78. The summed E-state index contributed by atoms with van der Waals surface area (Å²) in [6.45, 7) is 5.96. The molecule has 0 radical (unpaired) electrons. The Kier molecular flexibility index (Phi) is 8.14. The van der Waals surface area contributed by atoms with Crippen molar-refractivity contribution in [2.24, 2.45) is 0 Å². The Hall–Kier alpha value is -3.39. The molecule has 8 heteroatoms. The smallest absolute Gasteiger partial charge is 0.313 e. The Balaban J connectivity index is 1.15. The quantitative estimate of drug-likeness (QED) is 0.487. The molecule has 8 nitrogen and oxygen atoms in total. The van der Waals surface area contributed by atoms with Crippen molar-refractivity contribution in [2.45, 2.75) is 25.7 Å². The summed E-state index contributed by atoms with van der Waals surface area (Å²) in [6.07, 6.45) is 3.21. The lowest BCUT2D eigenvalue weighted by molar-refractivity contribution is -0.136. The van der Waals surface area contributed by atoms with E-state index >= 15 is 0 Å². The highest BCUT2D eigenvalue weighted by atomic mass is 16.2. The van der Waals surface area contributed by atoms with Crippen molar-refractivity contribution in [3.8, 4) is 0 Å². The molecule has 2 heterocycles. The zero-order valence-corrected chi connectivity index (χ0v) is 19.5. The number of carbonyl (C=O) groups is 3. The maximum absolute atomic E-state index is 12.3. The van der Waals surface area contributed by atoms with Crippen LogP contribution in [0.5, 0.6) is 0 Å². The van der Waals surface area contributed by atoms with Gasteiger partial charge in [0, 0.05) is 62.8 Å². The van der Waals surface area contributed by atoms with Crippen LogP contribution in [-0.2, 0) is 14.4 Å². The molecule has 34 heavy (non-hydrogen) atoms. The molecule has 2 aromatic rings. The normalized spacial score (nSPS) is 16.9. The Morgan fingerprint density at radius 1 is 0.824 bits per heavy atom. The number of anilines is 3. The number of nitrogens with zero attached hydrogens (tertiary/aromatic N) is 3. The SMILES string of the molecule is O=C(NCCCN1CCN(c2ccccc2)CC1)C(=O)Nc1cccc(N2CCCCC2=O)c1. The third-order valence-corrected chi connectivity index (χ3v) is 6.38. The molecule has 2 aliphatic heterocycles. The molecule has 0 spiro atoms. The van der Waals surface area contributed by atoms with Crippen molar-refractivity contribution in [1.82, 2.24) is 10.2 Å². The molecular weight excluding hydrogens is 430 g/mol. The summed E-state index contributed by atoms with van der Waals surface area (Å²) in [4.78, 5) is 43.2. The first-order valence-electron chi connectivity index (χ1n) is 12.1. The van der Waals surface area contributed by atoms with Crippen LogP contribution in [0.15, 0.2) is 54.6 Å². The highest BCUT2D eigenvalue weighted by molar-refractivity contribution is 6.39. The number of piperidine rings is 1. The number of amides is 3. The molecule has 180 valence electrons. The largest absolute Gasteiger partial charge is 0.369 e. The summed E-state index contributed by atoms with van der Waals surface area (Å²) in [7, 11) is 0. The van der Waals surface area contributed by atoms with Gasteiger partial charge in [0.05, 0.1) is 0 Å². The standard InChI is InChI=1S/C26H33N5O3/c32-24-12-4-5-15-31(24)23-11-6-8-21(20-23)28-26(34)25(33)27-13-7-14-29-16-18-30(19-17-29)22-9-2-1-3-10-22/h1-3,6,8-11,20H,4-5,7,12-19H2,(H,27,33)(H,28,34). The van der Waals surface area contributed by atoms with E-state index in [1.54, 1.807) is 23.1 Å². The van der Waals surface area contributed by atoms with Crippen molar-refractivity contribution in [1.29, 1.82) is 0 Å². The number of rotatable bonds is 7. The van der Waals surface area contributed by atoms with Gasteiger partial charge in [0.15, 0.2) is 0 Å². The Bertz CT molecular complexity index is 989. The first kappa shape index (κ1) is 23.8. The van der Waals surface area contributed by atoms with E-state index in [9.17, 15) is 14.4 Å². The van der Waals surface area contributed by atoms with Crippen LogP contribution in [0.3, 0.4) is 0 Å². The van der Waals surface area contributed by atoms with Crippen LogP contribution in [0, 0.1) is 0 Å². The summed E-state index contributed by atoms with van der Waals surface area (Å²) in [6, 6.07) is 17.5. The number of hydrogen-bond donors (Lipinski definition) is 2. The molecule has 2 aromatic carbocycles. The lowest BCUT2D eigenvalue weighted by atomic mass is 10.1. The average molecular weight is 464 g/mol. The summed E-state index contributed by atoms with van der Waals surface area (Å²) in [5.41, 5.74) is 2.51. The highest BCUT2D eigenvalue weighted by Crippen LogP contribution is 2.24. The Morgan fingerprint density at radius 3 is 2.35 bits per heavy atom. The van der Waals surface area contributed by atoms with Gasteiger partial charge in [-0.15, -0.1) is 0 Å². The molecule has 0 saturated carbocycles. The minimum atomic E-state index is -0.696. The Labute approximate surface area is 200 Å². The third-order valence-electron chi connectivity index (χ3n) is 6.38. The maximum atomic E-state index is 12.3. The minimum Gasteiger partial charge on any atom is -0.369 e. The highest BCUT2D eigenvalue weighted by Gasteiger charge is 2.21. The fourth-order valence-corrected chi connectivity index (χ4v) is 4.47. The van der Waals surface area contributed by atoms with Gasteiger partial charge in [-0.3, -0.25) is 19.3 Å². The average Bonchev–Trinajstić information content (AvgIpc) is 2.88. The van der Waals surface area contributed by atoms with Crippen LogP contribution in [0.25, 0.3) is 0 Å². The van der Waals surface area contributed by atoms with Gasteiger partial charge in [0.1, 0.15) is 0 Å². The minimum absolute atomic E-state index is 0.0916. The van der Waals surface area contributed by atoms with E-state index in [0.29, 0.717) is 25.2 Å². The van der Waals surface area contributed by atoms with Crippen LogP contribution >= 0.6 is 0 Å². The summed E-state index contributed by atoms with van der Waals surface area (Å²) in [5.74, 6) is -1.25. The van der Waals surface area contributed by atoms with Crippen LogP contribution in [0.1, 0.15) is 25.7 Å². The number of hydrogen-bond acceptors (Lipinski definition) is 5. The topological polar surface area (TPSA) is 85.0 Å². The molecule has 0 aliphatic carbocycles. The van der Waals surface area contributed by atoms with Gasteiger partial charge in [0.25, 0.3) is 0 Å². The van der Waals surface area contributed by atoms with Gasteiger partial charge in [-0.05, 0) is 56.1 Å². The van der Waals surface area contributed by atoms with Gasteiger partial charge in [-0.2, -0.15) is 0 Å². The predicted octanol–water partition coefficient (Wildman–Crippen LogP) is 2.47. The van der Waals surface area contributed by atoms with E-state index in [0.717, 1.165) is 57.7 Å². The molecule has 0 atom stereocenters. The molecule has 0 unspecified atom stereocenters. The van der Waals surface area contributed by atoms with Crippen molar-refractivity contribution in [2.75, 3.05) is 60.9 Å². The summed E-state index contributed by atoms with van der Waals surface area (Å²) >= 11 is 0. The molecule has 4 rings (SSSR count). The second kappa shape index (κ2) is 11.7. The van der Waals surface area contributed by atoms with Gasteiger partial charge in [-0.1, -0.05) is 24.3 Å². The molecule has 2 fully saturated rings. The molecule has 3 amide bonds. The lowest BCUT2D eigenvalue weighted by Gasteiger charge is -2.36. The fraction of sp³-hybridized carbons (Fsp3) is 0.423. The van der Waals surface area contributed by atoms with Crippen LogP contribution in [0.4, 0.5) is 17.1 Å². The zero-order chi connectivity index (χ0) is 23.8. The fourth-order valence-electron chi connectivity index (χ4n) is 4.47. The molecule has 2 N–H and O–H groups in total. The first-order valence-corrected chi connectivity index (χ1v) is 12.1. The number of para-hydroxylation sites is 1. The molecule has 0 bridgehead atoms. The van der Waals surface area contributed by atoms with E-state index in [1.165, 1.54) is 5.69 Å². The van der Waals surface area contributed by atoms with Gasteiger partial charge in [-0.25, -0.2) is 0 Å². The van der Waals surface area contributed by atoms with Crippen LogP contribution < -0.4 is 20.4 Å². The van der Waals surface area contributed by atoms with Gasteiger partial charge >= 0.3 is 11.8 Å². The number of nitrogens with one attached hydrogen (secondary N) is 2. The van der Waals surface area contributed by atoms with Crippen LogP contribution in [0.2, 0.25) is 0 Å².